The van der Waals surface area contributed by atoms with Crippen LogP contribution in [0.15, 0.2) is 0 Å². The number of amides is 3. The largest absolute Gasteiger partial charge is 0.481 e. The molecule has 1 unspecified atom stereocenters. The summed E-state index contributed by atoms with van der Waals surface area (Å²) in [5.41, 5.74) is 0. The Hall–Kier alpha value is -2.97. The standard InChI is InChI=1S/C29H53N3O15/c1-24(33)32-25(29(39)31-7-11-43-15-19-47-23-21-45-17-13-41-9-5-28(37)38)2-3-26(34)30-6-10-42-14-18-46-22-20-44-16-12-40-8-4-27(35)36/h25H,2-23H2,1H3,(H,30,34)(H,31,39)(H,32,33)(H,35,36)(H,37,38). The Bertz CT molecular complexity index is 835. The number of carboxylic acids is 2. The van der Waals surface area contributed by atoms with Crippen molar-refractivity contribution < 1.29 is 72.1 Å². The van der Waals surface area contributed by atoms with E-state index < -0.39 is 29.8 Å². The lowest BCUT2D eigenvalue weighted by Crippen LogP contribution is -2.47. The molecule has 0 aromatic heterocycles. The Balaban J connectivity index is 3.72. The van der Waals surface area contributed by atoms with E-state index >= 15 is 0 Å². The van der Waals surface area contributed by atoms with E-state index in [0.717, 1.165) is 0 Å². The van der Waals surface area contributed by atoms with E-state index in [1.165, 1.54) is 6.92 Å². The van der Waals surface area contributed by atoms with Crippen molar-refractivity contribution in [1.82, 2.24) is 16.0 Å². The highest BCUT2D eigenvalue weighted by molar-refractivity contribution is 5.87. The summed E-state index contributed by atoms with van der Waals surface area (Å²) in [6.45, 7) is 6.70. The fourth-order valence-electron chi connectivity index (χ4n) is 3.35. The molecule has 0 aliphatic carbocycles. The third kappa shape index (κ3) is 34.2. The van der Waals surface area contributed by atoms with Gasteiger partial charge < -0.3 is 64.1 Å². The van der Waals surface area contributed by atoms with E-state index in [9.17, 15) is 24.0 Å². The van der Waals surface area contributed by atoms with Gasteiger partial charge in [-0.15, -0.1) is 0 Å². The van der Waals surface area contributed by atoms with E-state index in [0.29, 0.717) is 79.3 Å². The number of ether oxygens (including phenoxy) is 8. The number of carbonyl (C=O) groups excluding carboxylic acids is 3. The molecule has 0 saturated heterocycles. The van der Waals surface area contributed by atoms with Crippen molar-refractivity contribution in [3.8, 4) is 0 Å². The number of hydrogen-bond acceptors (Lipinski definition) is 13. The van der Waals surface area contributed by atoms with E-state index in [4.69, 9.17) is 48.1 Å². The van der Waals surface area contributed by atoms with Gasteiger partial charge in [0.1, 0.15) is 6.04 Å². The smallest absolute Gasteiger partial charge is 0.305 e. The van der Waals surface area contributed by atoms with Crippen molar-refractivity contribution in [2.75, 3.05) is 119 Å². The molecule has 0 rings (SSSR count). The van der Waals surface area contributed by atoms with Crippen LogP contribution in [0.4, 0.5) is 0 Å². The molecule has 0 radical (unpaired) electrons. The summed E-state index contributed by atoms with van der Waals surface area (Å²) < 4.78 is 42.3. The summed E-state index contributed by atoms with van der Waals surface area (Å²) in [4.78, 5) is 56.9. The third-order valence-corrected chi connectivity index (χ3v) is 5.62. The lowest BCUT2D eigenvalue weighted by Gasteiger charge is -2.17. The van der Waals surface area contributed by atoms with Crippen LogP contribution in [0.2, 0.25) is 0 Å². The van der Waals surface area contributed by atoms with Gasteiger partial charge in [0.05, 0.1) is 119 Å². The van der Waals surface area contributed by atoms with Gasteiger partial charge in [-0.05, 0) is 6.42 Å². The molecule has 0 bridgehead atoms. The Kier molecular flexibility index (Phi) is 30.9. The predicted octanol–water partition coefficient (Wildman–Crippen LogP) is -1.41. The first-order valence-corrected chi connectivity index (χ1v) is 15.6. The third-order valence-electron chi connectivity index (χ3n) is 5.62. The lowest BCUT2D eigenvalue weighted by atomic mass is 10.1. The van der Waals surface area contributed by atoms with Gasteiger partial charge in [-0.1, -0.05) is 0 Å². The molecule has 0 aromatic rings. The molecule has 0 saturated carbocycles. The maximum Gasteiger partial charge on any atom is 0.305 e. The van der Waals surface area contributed by atoms with Gasteiger partial charge in [0.15, 0.2) is 0 Å². The molecule has 0 heterocycles. The van der Waals surface area contributed by atoms with Gasteiger partial charge in [-0.2, -0.15) is 0 Å². The summed E-state index contributed by atoms with van der Waals surface area (Å²) in [7, 11) is 0. The van der Waals surface area contributed by atoms with Gasteiger partial charge in [-0.25, -0.2) is 0 Å². The minimum Gasteiger partial charge on any atom is -0.481 e. The van der Waals surface area contributed by atoms with Crippen molar-refractivity contribution in [3.63, 3.8) is 0 Å². The highest BCUT2D eigenvalue weighted by atomic mass is 16.6. The lowest BCUT2D eigenvalue weighted by molar-refractivity contribution is -0.139. The van der Waals surface area contributed by atoms with Crippen LogP contribution >= 0.6 is 0 Å². The maximum atomic E-state index is 12.5. The van der Waals surface area contributed by atoms with E-state index in [1.54, 1.807) is 0 Å². The van der Waals surface area contributed by atoms with Crippen LogP contribution in [0, 0.1) is 0 Å². The van der Waals surface area contributed by atoms with Gasteiger partial charge in [0, 0.05) is 26.4 Å². The first kappa shape index (κ1) is 44.0. The highest BCUT2D eigenvalue weighted by Gasteiger charge is 2.20. The maximum absolute atomic E-state index is 12.5. The minimum atomic E-state index is -0.910. The molecule has 3 amide bonds. The fourth-order valence-corrected chi connectivity index (χ4v) is 3.35. The van der Waals surface area contributed by atoms with Crippen LogP contribution in [-0.2, 0) is 61.9 Å². The second kappa shape index (κ2) is 33.0. The zero-order valence-electron chi connectivity index (χ0n) is 27.3. The van der Waals surface area contributed by atoms with Crippen LogP contribution < -0.4 is 16.0 Å². The summed E-state index contributed by atoms with van der Waals surface area (Å²) in [5.74, 6) is -2.91. The molecular weight excluding hydrogens is 630 g/mol. The molecule has 1 atom stereocenters. The number of nitrogens with one attached hydrogen (secondary N) is 3. The molecule has 18 heteroatoms. The van der Waals surface area contributed by atoms with Crippen molar-refractivity contribution in [3.05, 3.63) is 0 Å². The Morgan fingerprint density at radius 1 is 0.489 bits per heavy atom. The van der Waals surface area contributed by atoms with Crippen LogP contribution in [0.3, 0.4) is 0 Å². The molecule has 274 valence electrons. The van der Waals surface area contributed by atoms with Crippen molar-refractivity contribution in [2.45, 2.75) is 38.6 Å². The number of carbonyl (C=O) groups is 5. The highest BCUT2D eigenvalue weighted by Crippen LogP contribution is 1.99. The second-order valence-corrected chi connectivity index (χ2v) is 9.62. The molecular formula is C29H53N3O15. The molecule has 18 nitrogen and oxygen atoms in total. The normalized spacial score (nSPS) is 11.6. The summed E-state index contributed by atoms with van der Waals surface area (Å²) >= 11 is 0. The Morgan fingerprint density at radius 3 is 1.19 bits per heavy atom. The quantitative estimate of drug-likeness (QED) is 0.0483. The molecule has 0 aliphatic heterocycles. The SMILES string of the molecule is CC(=O)NC(CCC(=O)NCCOCCOCCOCCOCCC(=O)O)C(=O)NCCOCCOCCOCCOCCC(=O)O. The van der Waals surface area contributed by atoms with E-state index in [1.807, 2.05) is 0 Å². The summed E-state index contributed by atoms with van der Waals surface area (Å²) in [5, 5.41) is 24.9. The molecule has 0 fully saturated rings. The zero-order valence-corrected chi connectivity index (χ0v) is 27.3. The van der Waals surface area contributed by atoms with Crippen molar-refractivity contribution >= 4 is 29.7 Å². The molecule has 0 spiro atoms. The number of rotatable bonds is 35. The summed E-state index contributed by atoms with van der Waals surface area (Å²) in [6, 6.07) is -0.869. The number of aliphatic carboxylic acids is 2. The molecule has 0 aliphatic rings. The van der Waals surface area contributed by atoms with Gasteiger partial charge in [0.25, 0.3) is 0 Å². The van der Waals surface area contributed by atoms with Crippen LogP contribution in [-0.4, -0.2) is 165 Å². The topological polar surface area (TPSA) is 236 Å². The van der Waals surface area contributed by atoms with E-state index in [2.05, 4.69) is 16.0 Å². The summed E-state index contributed by atoms with van der Waals surface area (Å²) in [6.07, 6.45) is 0.0629. The van der Waals surface area contributed by atoms with Crippen LogP contribution in [0.5, 0.6) is 0 Å². The monoisotopic (exact) mass is 683 g/mol. The Labute approximate surface area is 275 Å². The molecule has 47 heavy (non-hydrogen) atoms. The predicted molar refractivity (Wildman–Crippen MR) is 164 cm³/mol. The Morgan fingerprint density at radius 2 is 0.830 bits per heavy atom. The van der Waals surface area contributed by atoms with Crippen LogP contribution in [0.1, 0.15) is 32.6 Å². The minimum absolute atomic E-state index is 0.0291. The van der Waals surface area contributed by atoms with Gasteiger partial charge >= 0.3 is 11.9 Å². The average Bonchev–Trinajstić information content (AvgIpc) is 3.02. The molecule has 0 aromatic carbocycles. The number of carboxylic acid groups (broad SMARTS) is 2. The molecule has 5 N–H and O–H groups in total. The first-order chi connectivity index (χ1) is 22.7. The van der Waals surface area contributed by atoms with Gasteiger partial charge in [-0.3, -0.25) is 24.0 Å². The second-order valence-electron chi connectivity index (χ2n) is 9.62. The zero-order chi connectivity index (χ0) is 34.8. The van der Waals surface area contributed by atoms with Gasteiger partial charge in [0.2, 0.25) is 17.7 Å². The fraction of sp³-hybridized carbons (Fsp3) is 0.828. The first-order valence-electron chi connectivity index (χ1n) is 15.6. The average molecular weight is 684 g/mol. The van der Waals surface area contributed by atoms with Crippen LogP contribution in [0.25, 0.3) is 0 Å². The number of hydrogen-bond donors (Lipinski definition) is 5. The van der Waals surface area contributed by atoms with Crippen molar-refractivity contribution in [1.29, 1.82) is 0 Å². The van der Waals surface area contributed by atoms with Crippen molar-refractivity contribution in [2.24, 2.45) is 0 Å². The van der Waals surface area contributed by atoms with E-state index in [-0.39, 0.29) is 71.1 Å².